The van der Waals surface area contributed by atoms with E-state index in [9.17, 15) is 14.7 Å². The van der Waals surface area contributed by atoms with Crippen LogP contribution in [0.1, 0.15) is 57.5 Å². The van der Waals surface area contributed by atoms with Crippen molar-refractivity contribution in [1.82, 2.24) is 19.8 Å². The molecule has 36 heavy (non-hydrogen) atoms. The monoisotopic (exact) mass is 494 g/mol. The molecule has 8 heteroatoms. The standard InChI is InChI=1S/C28H38N4O4/c1-17(2)31(18(3)4)10-11-32(19(5)6)28(35)20-8-9-23(22(12-20)15-36-7)21-13-24-26(25(33)14-21)29-16-30-27(24)34/h8-9,12-14,16-19,33H,10-11,15H2,1-7H3,(H,29,30,34). The number of aromatic hydroxyl groups is 1. The molecule has 2 aromatic carbocycles. The number of methoxy groups -OCH3 is 1. The Morgan fingerprint density at radius 3 is 2.33 bits per heavy atom. The van der Waals surface area contributed by atoms with Gasteiger partial charge in [-0.3, -0.25) is 14.5 Å². The summed E-state index contributed by atoms with van der Waals surface area (Å²) < 4.78 is 5.43. The molecule has 0 atom stereocenters. The van der Waals surface area contributed by atoms with E-state index >= 15 is 0 Å². The summed E-state index contributed by atoms with van der Waals surface area (Å²) in [6.45, 7) is 14.4. The van der Waals surface area contributed by atoms with Crippen molar-refractivity contribution in [3.63, 3.8) is 0 Å². The molecule has 0 aliphatic rings. The van der Waals surface area contributed by atoms with E-state index in [4.69, 9.17) is 4.74 Å². The van der Waals surface area contributed by atoms with E-state index in [0.29, 0.717) is 35.1 Å². The van der Waals surface area contributed by atoms with E-state index in [2.05, 4.69) is 42.6 Å². The summed E-state index contributed by atoms with van der Waals surface area (Å²) in [7, 11) is 1.59. The van der Waals surface area contributed by atoms with Crippen LogP contribution in [-0.4, -0.2) is 69.1 Å². The van der Waals surface area contributed by atoms with Gasteiger partial charge >= 0.3 is 0 Å². The van der Waals surface area contributed by atoms with Crippen molar-refractivity contribution < 1.29 is 14.6 Å². The van der Waals surface area contributed by atoms with Gasteiger partial charge in [0.15, 0.2) is 0 Å². The van der Waals surface area contributed by atoms with E-state index in [0.717, 1.165) is 17.7 Å². The topological polar surface area (TPSA) is 98.8 Å². The molecule has 3 aromatic rings. The number of H-pyrrole nitrogens is 1. The van der Waals surface area contributed by atoms with Crippen molar-refractivity contribution >= 4 is 16.8 Å². The number of rotatable bonds is 10. The van der Waals surface area contributed by atoms with Gasteiger partial charge in [0.05, 0.1) is 18.3 Å². The summed E-state index contributed by atoms with van der Waals surface area (Å²) in [6, 6.07) is 9.59. The second kappa shape index (κ2) is 11.7. The molecule has 0 fully saturated rings. The molecule has 2 N–H and O–H groups in total. The number of aromatic amines is 1. The second-order valence-electron chi connectivity index (χ2n) is 9.95. The number of phenolic OH excluding ortho intramolecular Hbond substituents is 1. The molecule has 194 valence electrons. The van der Waals surface area contributed by atoms with E-state index in [1.54, 1.807) is 25.3 Å². The van der Waals surface area contributed by atoms with Gasteiger partial charge in [-0.15, -0.1) is 0 Å². The van der Waals surface area contributed by atoms with E-state index in [1.807, 2.05) is 30.9 Å². The molecule has 0 unspecified atom stereocenters. The van der Waals surface area contributed by atoms with Crippen molar-refractivity contribution in [3.05, 3.63) is 58.1 Å². The molecule has 3 rings (SSSR count). The number of fused-ring (bicyclic) bond motifs is 1. The van der Waals surface area contributed by atoms with Crippen LogP contribution in [0.5, 0.6) is 5.75 Å². The van der Waals surface area contributed by atoms with Crippen LogP contribution in [0.15, 0.2) is 41.5 Å². The smallest absolute Gasteiger partial charge is 0.258 e. The number of phenols is 1. The Morgan fingerprint density at radius 1 is 1.03 bits per heavy atom. The van der Waals surface area contributed by atoms with Gasteiger partial charge in [-0.1, -0.05) is 6.07 Å². The van der Waals surface area contributed by atoms with Gasteiger partial charge < -0.3 is 19.7 Å². The lowest BCUT2D eigenvalue weighted by Crippen LogP contribution is -2.46. The van der Waals surface area contributed by atoms with Crippen molar-refractivity contribution in [3.8, 4) is 16.9 Å². The largest absolute Gasteiger partial charge is 0.506 e. The summed E-state index contributed by atoms with van der Waals surface area (Å²) in [4.78, 5) is 36.8. The first-order valence-corrected chi connectivity index (χ1v) is 12.4. The Kier molecular flexibility index (Phi) is 8.87. The Morgan fingerprint density at radius 2 is 1.72 bits per heavy atom. The van der Waals surface area contributed by atoms with Gasteiger partial charge in [-0.25, -0.2) is 4.98 Å². The second-order valence-corrected chi connectivity index (χ2v) is 9.95. The molecule has 0 saturated heterocycles. The summed E-state index contributed by atoms with van der Waals surface area (Å²) in [5, 5.41) is 10.8. The maximum Gasteiger partial charge on any atom is 0.258 e. The van der Waals surface area contributed by atoms with E-state index in [1.165, 1.54) is 6.33 Å². The van der Waals surface area contributed by atoms with Gasteiger partial charge in [0.2, 0.25) is 0 Å². The number of carbonyl (C=O) groups excluding carboxylic acids is 1. The Balaban J connectivity index is 1.98. The van der Waals surface area contributed by atoms with Crippen LogP contribution in [0.3, 0.4) is 0 Å². The highest BCUT2D eigenvalue weighted by Gasteiger charge is 2.23. The maximum atomic E-state index is 13.6. The fourth-order valence-electron chi connectivity index (χ4n) is 4.70. The summed E-state index contributed by atoms with van der Waals surface area (Å²) in [5.74, 6) is -0.119. The van der Waals surface area contributed by atoms with Gasteiger partial charge in [-0.2, -0.15) is 0 Å². The first-order valence-electron chi connectivity index (χ1n) is 12.4. The zero-order chi connectivity index (χ0) is 26.6. The number of hydrogen-bond donors (Lipinski definition) is 2. The number of nitrogens with zero attached hydrogens (tertiary/aromatic N) is 3. The minimum atomic E-state index is -0.332. The molecule has 0 bridgehead atoms. The fourth-order valence-corrected chi connectivity index (χ4v) is 4.70. The predicted molar refractivity (Wildman–Crippen MR) is 143 cm³/mol. The Labute approximate surface area is 212 Å². The van der Waals surface area contributed by atoms with Gasteiger partial charge in [0.1, 0.15) is 11.3 Å². The molecule has 1 aromatic heterocycles. The quantitative estimate of drug-likeness (QED) is 0.433. The third-order valence-corrected chi connectivity index (χ3v) is 6.50. The van der Waals surface area contributed by atoms with E-state index < -0.39 is 0 Å². The van der Waals surface area contributed by atoms with E-state index in [-0.39, 0.29) is 35.4 Å². The summed E-state index contributed by atoms with van der Waals surface area (Å²) >= 11 is 0. The third kappa shape index (κ3) is 5.94. The minimum Gasteiger partial charge on any atom is -0.506 e. The van der Waals surface area contributed by atoms with Crippen LogP contribution in [-0.2, 0) is 11.3 Å². The average molecular weight is 495 g/mol. The number of nitrogens with one attached hydrogen (secondary N) is 1. The molecular weight excluding hydrogens is 456 g/mol. The molecule has 0 radical (unpaired) electrons. The van der Waals surface area contributed by atoms with Crippen molar-refractivity contribution in [2.75, 3.05) is 20.2 Å². The number of aromatic nitrogens is 2. The highest BCUT2D eigenvalue weighted by molar-refractivity contribution is 5.96. The Hall–Kier alpha value is -3.23. The van der Waals surface area contributed by atoms with Crippen molar-refractivity contribution in [2.24, 2.45) is 0 Å². The van der Waals surface area contributed by atoms with Gasteiger partial charge in [-0.05, 0) is 82.5 Å². The first kappa shape index (κ1) is 27.4. The molecule has 0 aliphatic heterocycles. The zero-order valence-electron chi connectivity index (χ0n) is 22.3. The lowest BCUT2D eigenvalue weighted by Gasteiger charge is -2.34. The highest BCUT2D eigenvalue weighted by atomic mass is 16.5. The Bertz CT molecular complexity index is 1260. The van der Waals surface area contributed by atoms with Crippen LogP contribution in [0, 0.1) is 0 Å². The number of carbonyl (C=O) groups is 1. The highest BCUT2D eigenvalue weighted by Crippen LogP contribution is 2.32. The number of amides is 1. The molecule has 0 spiro atoms. The maximum absolute atomic E-state index is 13.6. The molecule has 8 nitrogen and oxygen atoms in total. The molecule has 0 aliphatic carbocycles. The van der Waals surface area contributed by atoms with Crippen LogP contribution >= 0.6 is 0 Å². The molecule has 1 heterocycles. The summed E-state index contributed by atoms with van der Waals surface area (Å²) in [5.41, 5.74) is 2.70. The van der Waals surface area contributed by atoms with Crippen LogP contribution in [0.4, 0.5) is 0 Å². The van der Waals surface area contributed by atoms with Crippen LogP contribution < -0.4 is 5.56 Å². The first-order chi connectivity index (χ1) is 17.0. The van der Waals surface area contributed by atoms with Crippen molar-refractivity contribution in [2.45, 2.75) is 66.3 Å². The number of hydrogen-bond acceptors (Lipinski definition) is 6. The number of ether oxygens (including phenoxy) is 1. The van der Waals surface area contributed by atoms with Gasteiger partial charge in [0, 0.05) is 43.9 Å². The van der Waals surface area contributed by atoms with Gasteiger partial charge in [0.25, 0.3) is 11.5 Å². The lowest BCUT2D eigenvalue weighted by atomic mass is 9.96. The SMILES string of the molecule is COCc1cc(C(=O)N(CCN(C(C)C)C(C)C)C(C)C)ccc1-c1cc(O)c2nc[nH]c(=O)c2c1. The molecular formula is C28H38N4O4. The molecule has 0 saturated carbocycles. The third-order valence-electron chi connectivity index (χ3n) is 6.50. The normalized spacial score (nSPS) is 11.9. The van der Waals surface area contributed by atoms with Crippen LogP contribution in [0.2, 0.25) is 0 Å². The van der Waals surface area contributed by atoms with Crippen molar-refractivity contribution in [1.29, 1.82) is 0 Å². The zero-order valence-corrected chi connectivity index (χ0v) is 22.3. The predicted octanol–water partition coefficient (Wildman–Crippen LogP) is 4.41. The van der Waals surface area contributed by atoms with Crippen LogP contribution in [0.25, 0.3) is 22.0 Å². The molecule has 1 amide bonds. The average Bonchev–Trinajstić information content (AvgIpc) is 2.81. The minimum absolute atomic E-state index is 0.0385. The summed E-state index contributed by atoms with van der Waals surface area (Å²) in [6.07, 6.45) is 1.27. The fraction of sp³-hybridized carbons (Fsp3) is 0.464. The lowest BCUT2D eigenvalue weighted by molar-refractivity contribution is 0.0650. The number of benzene rings is 2.